The van der Waals surface area contributed by atoms with Crippen LogP contribution in [0.5, 0.6) is 5.75 Å². The maximum Gasteiger partial charge on any atom is 0.136 e. The molecule has 1 saturated heterocycles. The number of aryl methyl sites for hydroxylation is 1. The summed E-state index contributed by atoms with van der Waals surface area (Å²) in [6, 6.07) is 12.3. The third kappa shape index (κ3) is 3.60. The van der Waals surface area contributed by atoms with Crippen molar-refractivity contribution >= 4 is 28.2 Å². The van der Waals surface area contributed by atoms with Gasteiger partial charge in [0.1, 0.15) is 11.6 Å². The first-order valence-electron chi connectivity index (χ1n) is 9.36. The molecule has 27 heavy (non-hydrogen) atoms. The van der Waals surface area contributed by atoms with E-state index in [0.29, 0.717) is 0 Å². The molecule has 4 nitrogen and oxygen atoms in total. The number of pyridine rings is 1. The number of methoxy groups -OCH3 is 1. The summed E-state index contributed by atoms with van der Waals surface area (Å²) in [4.78, 5) is 7.25. The molecular formula is C22H24ClN3O. The Bertz CT molecular complexity index is 965. The van der Waals surface area contributed by atoms with E-state index in [2.05, 4.69) is 35.3 Å². The highest BCUT2D eigenvalue weighted by atomic mass is 35.5. The highest BCUT2D eigenvalue weighted by molar-refractivity contribution is 6.31. The normalized spacial score (nSPS) is 15.0. The number of hydrogen-bond acceptors (Lipinski definition) is 4. The van der Waals surface area contributed by atoms with Crippen LogP contribution in [-0.4, -0.2) is 38.3 Å². The van der Waals surface area contributed by atoms with Crippen molar-refractivity contribution in [2.75, 3.05) is 38.2 Å². The Hall–Kier alpha value is -2.30. The molecule has 2 aromatic carbocycles. The second-order valence-corrected chi connectivity index (χ2v) is 7.42. The van der Waals surface area contributed by atoms with Crippen LogP contribution in [0.15, 0.2) is 42.6 Å². The number of nitrogens with zero attached hydrogens (tertiary/aromatic N) is 2. The van der Waals surface area contributed by atoms with E-state index < -0.39 is 0 Å². The number of nitrogens with one attached hydrogen (secondary N) is 1. The van der Waals surface area contributed by atoms with E-state index in [9.17, 15) is 0 Å². The van der Waals surface area contributed by atoms with E-state index in [4.69, 9.17) is 21.3 Å². The van der Waals surface area contributed by atoms with Gasteiger partial charge in [-0.1, -0.05) is 23.2 Å². The number of halogens is 1. The van der Waals surface area contributed by atoms with Crippen molar-refractivity contribution in [2.24, 2.45) is 0 Å². The van der Waals surface area contributed by atoms with E-state index >= 15 is 0 Å². The highest BCUT2D eigenvalue weighted by Crippen LogP contribution is 2.39. The summed E-state index contributed by atoms with van der Waals surface area (Å²) < 4.78 is 5.62. The second-order valence-electron chi connectivity index (χ2n) is 6.98. The largest absolute Gasteiger partial charge is 0.496 e. The zero-order chi connectivity index (χ0) is 18.8. The third-order valence-corrected chi connectivity index (χ3v) is 5.35. The average Bonchev–Trinajstić information content (AvgIpc) is 2.96. The molecular weight excluding hydrogens is 358 g/mol. The molecule has 0 atom stereocenters. The molecule has 4 rings (SSSR count). The van der Waals surface area contributed by atoms with E-state index in [0.717, 1.165) is 71.1 Å². The summed E-state index contributed by atoms with van der Waals surface area (Å²) in [5.74, 6) is 1.87. The zero-order valence-corrected chi connectivity index (χ0v) is 16.5. The van der Waals surface area contributed by atoms with Crippen LogP contribution in [0.4, 0.5) is 5.82 Å². The third-order valence-electron chi connectivity index (χ3n) is 5.11. The Labute approximate surface area is 165 Å². The molecule has 0 bridgehead atoms. The maximum absolute atomic E-state index is 6.37. The smallest absolute Gasteiger partial charge is 0.136 e. The Morgan fingerprint density at radius 1 is 1.04 bits per heavy atom. The van der Waals surface area contributed by atoms with Gasteiger partial charge in [-0.15, -0.1) is 0 Å². The molecule has 140 valence electrons. The molecule has 0 aliphatic carbocycles. The fourth-order valence-electron chi connectivity index (χ4n) is 3.76. The lowest BCUT2D eigenvalue weighted by atomic mass is 9.98. The predicted octanol–water partition coefficient (Wildman–Crippen LogP) is 4.67. The van der Waals surface area contributed by atoms with Crippen molar-refractivity contribution < 1.29 is 4.74 Å². The zero-order valence-electron chi connectivity index (χ0n) is 15.8. The first kappa shape index (κ1) is 18.1. The Morgan fingerprint density at radius 3 is 2.78 bits per heavy atom. The minimum absolute atomic E-state index is 0.727. The summed E-state index contributed by atoms with van der Waals surface area (Å²) in [7, 11) is 1.70. The van der Waals surface area contributed by atoms with Gasteiger partial charge in [0, 0.05) is 47.4 Å². The molecule has 2 heterocycles. The molecule has 3 aromatic rings. The van der Waals surface area contributed by atoms with Gasteiger partial charge in [0.2, 0.25) is 0 Å². The SMILES string of the molecule is COc1ccc(C)cc1-c1cnc(N2CCCNCC2)c2ccc(Cl)cc12. The standard InChI is InChI=1S/C22H24ClN3O/c1-15-4-7-21(27-2)19(12-15)20-14-25-22(26-10-3-8-24-9-11-26)17-6-5-16(23)13-18(17)20/h4-7,12-14,24H,3,8-11H2,1-2H3. The predicted molar refractivity (Wildman–Crippen MR) is 113 cm³/mol. The van der Waals surface area contributed by atoms with Gasteiger partial charge >= 0.3 is 0 Å². The number of benzene rings is 2. The van der Waals surface area contributed by atoms with Crippen molar-refractivity contribution in [1.82, 2.24) is 10.3 Å². The van der Waals surface area contributed by atoms with Crippen molar-refractivity contribution in [3.63, 3.8) is 0 Å². The molecule has 0 amide bonds. The van der Waals surface area contributed by atoms with Gasteiger partial charge in [-0.2, -0.15) is 0 Å². The molecule has 1 fully saturated rings. The van der Waals surface area contributed by atoms with Crippen LogP contribution >= 0.6 is 11.6 Å². The molecule has 1 aliphatic heterocycles. The highest BCUT2D eigenvalue weighted by Gasteiger charge is 2.18. The van der Waals surface area contributed by atoms with Crippen LogP contribution in [0.25, 0.3) is 21.9 Å². The van der Waals surface area contributed by atoms with Crippen LogP contribution in [0.1, 0.15) is 12.0 Å². The number of fused-ring (bicyclic) bond motifs is 1. The Balaban J connectivity index is 1.92. The van der Waals surface area contributed by atoms with Gasteiger partial charge in [-0.3, -0.25) is 0 Å². The van der Waals surface area contributed by atoms with Crippen molar-refractivity contribution in [3.8, 4) is 16.9 Å². The van der Waals surface area contributed by atoms with E-state index in [1.54, 1.807) is 7.11 Å². The summed E-state index contributed by atoms with van der Waals surface area (Å²) >= 11 is 6.37. The number of rotatable bonds is 3. The van der Waals surface area contributed by atoms with Crippen LogP contribution in [0, 0.1) is 6.92 Å². The molecule has 0 saturated carbocycles. The topological polar surface area (TPSA) is 37.4 Å². The number of ether oxygens (including phenoxy) is 1. The Morgan fingerprint density at radius 2 is 1.93 bits per heavy atom. The van der Waals surface area contributed by atoms with Crippen molar-refractivity contribution in [2.45, 2.75) is 13.3 Å². The number of anilines is 1. The van der Waals surface area contributed by atoms with Gasteiger partial charge in [0.25, 0.3) is 0 Å². The van der Waals surface area contributed by atoms with Gasteiger partial charge in [0.15, 0.2) is 0 Å². The lowest BCUT2D eigenvalue weighted by Crippen LogP contribution is -2.28. The summed E-state index contributed by atoms with van der Waals surface area (Å²) in [5, 5.41) is 6.41. The van der Waals surface area contributed by atoms with E-state index in [1.165, 1.54) is 5.56 Å². The lowest BCUT2D eigenvalue weighted by Gasteiger charge is -2.24. The van der Waals surface area contributed by atoms with Gasteiger partial charge in [-0.05, 0) is 55.6 Å². The summed E-state index contributed by atoms with van der Waals surface area (Å²) in [5.41, 5.74) is 3.27. The van der Waals surface area contributed by atoms with Gasteiger partial charge in [-0.25, -0.2) is 4.98 Å². The van der Waals surface area contributed by atoms with Gasteiger partial charge in [0.05, 0.1) is 7.11 Å². The number of aromatic nitrogens is 1. The lowest BCUT2D eigenvalue weighted by molar-refractivity contribution is 0.416. The number of hydrogen-bond donors (Lipinski definition) is 1. The maximum atomic E-state index is 6.37. The summed E-state index contributed by atoms with van der Waals surface area (Å²) in [6.07, 6.45) is 3.08. The van der Waals surface area contributed by atoms with Crippen molar-refractivity contribution in [1.29, 1.82) is 0 Å². The first-order valence-corrected chi connectivity index (χ1v) is 9.74. The Kier molecular flexibility index (Phi) is 5.19. The molecule has 0 spiro atoms. The molecule has 1 aromatic heterocycles. The van der Waals surface area contributed by atoms with Crippen LogP contribution in [-0.2, 0) is 0 Å². The molecule has 0 radical (unpaired) electrons. The van der Waals surface area contributed by atoms with Crippen LogP contribution in [0.2, 0.25) is 5.02 Å². The van der Waals surface area contributed by atoms with E-state index in [-0.39, 0.29) is 0 Å². The first-order chi connectivity index (χ1) is 13.2. The minimum atomic E-state index is 0.727. The molecule has 5 heteroatoms. The average molecular weight is 382 g/mol. The van der Waals surface area contributed by atoms with Crippen LogP contribution < -0.4 is 15.0 Å². The van der Waals surface area contributed by atoms with Gasteiger partial charge < -0.3 is 15.0 Å². The fraction of sp³-hybridized carbons (Fsp3) is 0.318. The van der Waals surface area contributed by atoms with Crippen LogP contribution in [0.3, 0.4) is 0 Å². The second kappa shape index (κ2) is 7.75. The molecule has 0 unspecified atom stereocenters. The fourth-order valence-corrected chi connectivity index (χ4v) is 3.93. The molecule has 1 aliphatic rings. The monoisotopic (exact) mass is 381 g/mol. The quantitative estimate of drug-likeness (QED) is 0.715. The molecule has 1 N–H and O–H groups in total. The van der Waals surface area contributed by atoms with E-state index in [1.807, 2.05) is 24.4 Å². The summed E-state index contributed by atoms with van der Waals surface area (Å²) in [6.45, 7) is 6.08. The minimum Gasteiger partial charge on any atom is -0.496 e. The van der Waals surface area contributed by atoms with Crippen molar-refractivity contribution in [3.05, 3.63) is 53.2 Å².